The van der Waals surface area contributed by atoms with Crippen LogP contribution in [-0.4, -0.2) is 15.7 Å². The van der Waals surface area contributed by atoms with Crippen molar-refractivity contribution in [1.29, 1.82) is 0 Å². The smallest absolute Gasteiger partial charge is 0.224 e. The zero-order valence-electron chi connectivity index (χ0n) is 17.5. The van der Waals surface area contributed by atoms with Gasteiger partial charge in [-0.15, -0.1) is 0 Å². The molecule has 152 valence electrons. The first-order valence-corrected chi connectivity index (χ1v) is 10.3. The summed E-state index contributed by atoms with van der Waals surface area (Å²) in [4.78, 5) is 11.7. The van der Waals surface area contributed by atoms with Crippen LogP contribution in [0.2, 0.25) is 0 Å². The number of aromatic nitrogens is 2. The third kappa shape index (κ3) is 5.78. The van der Waals surface area contributed by atoms with Crippen molar-refractivity contribution in [3.63, 3.8) is 0 Å². The molecular weight excluding hydrogens is 360 g/mol. The summed E-state index contributed by atoms with van der Waals surface area (Å²) < 4.78 is 1.96. The van der Waals surface area contributed by atoms with E-state index in [1.165, 1.54) is 11.1 Å². The van der Waals surface area contributed by atoms with Crippen LogP contribution in [0.4, 0.5) is 5.69 Å². The predicted octanol–water partition coefficient (Wildman–Crippen LogP) is 5.02. The SMILES string of the molecule is CCCC(=O)Nc1ccc(CNCc2cn(-c3ccccc3)nc2C(C)C)cc1. The van der Waals surface area contributed by atoms with E-state index in [1.54, 1.807) is 0 Å². The van der Waals surface area contributed by atoms with E-state index in [2.05, 4.69) is 42.8 Å². The Bertz CT molecular complexity index is 914. The highest BCUT2D eigenvalue weighted by Gasteiger charge is 2.13. The molecule has 0 aliphatic carbocycles. The molecule has 1 aromatic heterocycles. The van der Waals surface area contributed by atoms with Gasteiger partial charge < -0.3 is 10.6 Å². The summed E-state index contributed by atoms with van der Waals surface area (Å²) in [5, 5.41) is 11.2. The summed E-state index contributed by atoms with van der Waals surface area (Å²) in [6.45, 7) is 7.87. The molecule has 0 fully saturated rings. The Balaban J connectivity index is 1.60. The third-order valence-electron chi connectivity index (χ3n) is 4.75. The number of carbonyl (C=O) groups excluding carboxylic acids is 1. The number of para-hydroxylation sites is 1. The molecular formula is C24H30N4O. The minimum absolute atomic E-state index is 0.0648. The van der Waals surface area contributed by atoms with Gasteiger partial charge in [0.25, 0.3) is 0 Å². The minimum atomic E-state index is 0.0648. The van der Waals surface area contributed by atoms with Crippen molar-refractivity contribution < 1.29 is 4.79 Å². The summed E-state index contributed by atoms with van der Waals surface area (Å²) in [7, 11) is 0. The van der Waals surface area contributed by atoms with E-state index in [0.717, 1.165) is 36.6 Å². The van der Waals surface area contributed by atoms with Crippen molar-refractivity contribution in [2.75, 3.05) is 5.32 Å². The molecule has 0 spiro atoms. The first-order chi connectivity index (χ1) is 14.1. The summed E-state index contributed by atoms with van der Waals surface area (Å²) in [5.41, 5.74) is 5.43. The summed E-state index contributed by atoms with van der Waals surface area (Å²) in [6, 6.07) is 18.2. The van der Waals surface area contributed by atoms with E-state index in [4.69, 9.17) is 5.10 Å². The number of hydrogen-bond donors (Lipinski definition) is 2. The monoisotopic (exact) mass is 390 g/mol. The van der Waals surface area contributed by atoms with Gasteiger partial charge in [0, 0.05) is 37.0 Å². The number of rotatable bonds is 9. The fraction of sp³-hybridized carbons (Fsp3) is 0.333. The Morgan fingerprint density at radius 2 is 1.76 bits per heavy atom. The number of nitrogens with one attached hydrogen (secondary N) is 2. The molecule has 0 saturated carbocycles. The van der Waals surface area contributed by atoms with Gasteiger partial charge in [0.1, 0.15) is 0 Å². The molecule has 0 radical (unpaired) electrons. The molecule has 0 aliphatic heterocycles. The van der Waals surface area contributed by atoms with Crippen molar-refractivity contribution in [1.82, 2.24) is 15.1 Å². The second-order valence-corrected chi connectivity index (χ2v) is 7.57. The van der Waals surface area contributed by atoms with Gasteiger partial charge in [0.05, 0.1) is 11.4 Å². The Morgan fingerprint density at radius 3 is 2.41 bits per heavy atom. The van der Waals surface area contributed by atoms with Crippen LogP contribution in [0.1, 0.15) is 56.4 Å². The molecule has 29 heavy (non-hydrogen) atoms. The van der Waals surface area contributed by atoms with Crippen molar-refractivity contribution in [2.45, 2.75) is 52.6 Å². The van der Waals surface area contributed by atoms with Gasteiger partial charge in [-0.25, -0.2) is 4.68 Å². The lowest BCUT2D eigenvalue weighted by Crippen LogP contribution is -2.14. The average molecular weight is 391 g/mol. The molecule has 3 rings (SSSR count). The number of carbonyl (C=O) groups is 1. The summed E-state index contributed by atoms with van der Waals surface area (Å²) in [5.74, 6) is 0.429. The fourth-order valence-electron chi connectivity index (χ4n) is 3.26. The lowest BCUT2D eigenvalue weighted by molar-refractivity contribution is -0.116. The standard InChI is InChI=1S/C24H30N4O/c1-4-8-23(29)26-21-13-11-19(12-14-21)15-25-16-20-17-28(27-24(20)18(2)3)22-9-6-5-7-10-22/h5-7,9-14,17-18,25H,4,8,15-16H2,1-3H3,(H,26,29). The highest BCUT2D eigenvalue weighted by Crippen LogP contribution is 2.20. The first kappa shape index (κ1) is 20.8. The van der Waals surface area contributed by atoms with Crippen LogP contribution in [-0.2, 0) is 17.9 Å². The van der Waals surface area contributed by atoms with Gasteiger partial charge in [-0.2, -0.15) is 5.10 Å². The minimum Gasteiger partial charge on any atom is -0.326 e. The number of anilines is 1. The molecule has 0 atom stereocenters. The maximum absolute atomic E-state index is 11.7. The van der Waals surface area contributed by atoms with Crippen LogP contribution in [0.3, 0.4) is 0 Å². The lowest BCUT2D eigenvalue weighted by atomic mass is 10.1. The average Bonchev–Trinajstić information content (AvgIpc) is 3.15. The van der Waals surface area contributed by atoms with Crippen molar-refractivity contribution in [2.24, 2.45) is 0 Å². The number of benzene rings is 2. The molecule has 5 nitrogen and oxygen atoms in total. The van der Waals surface area contributed by atoms with Crippen LogP contribution in [0, 0.1) is 0 Å². The molecule has 0 unspecified atom stereocenters. The third-order valence-corrected chi connectivity index (χ3v) is 4.75. The fourth-order valence-corrected chi connectivity index (χ4v) is 3.26. The van der Waals surface area contributed by atoms with Crippen molar-refractivity contribution in [3.8, 4) is 5.69 Å². The maximum atomic E-state index is 11.7. The molecule has 1 amide bonds. The molecule has 3 aromatic rings. The molecule has 0 bridgehead atoms. The van der Waals surface area contributed by atoms with Crippen LogP contribution in [0.5, 0.6) is 0 Å². The van der Waals surface area contributed by atoms with Gasteiger partial charge in [-0.3, -0.25) is 4.79 Å². The van der Waals surface area contributed by atoms with Gasteiger partial charge >= 0.3 is 0 Å². The van der Waals surface area contributed by atoms with Gasteiger partial charge in [-0.1, -0.05) is 51.1 Å². The van der Waals surface area contributed by atoms with E-state index >= 15 is 0 Å². The van der Waals surface area contributed by atoms with Crippen molar-refractivity contribution >= 4 is 11.6 Å². The zero-order valence-corrected chi connectivity index (χ0v) is 17.5. The highest BCUT2D eigenvalue weighted by atomic mass is 16.1. The highest BCUT2D eigenvalue weighted by molar-refractivity contribution is 5.90. The van der Waals surface area contributed by atoms with E-state index in [-0.39, 0.29) is 5.91 Å². The van der Waals surface area contributed by atoms with E-state index in [1.807, 2.05) is 54.1 Å². The zero-order chi connectivity index (χ0) is 20.6. The molecule has 0 saturated heterocycles. The van der Waals surface area contributed by atoms with Crippen LogP contribution in [0.15, 0.2) is 60.8 Å². The van der Waals surface area contributed by atoms with E-state index in [9.17, 15) is 4.79 Å². The molecule has 5 heteroatoms. The predicted molar refractivity (Wildman–Crippen MR) is 118 cm³/mol. The Hall–Kier alpha value is -2.92. The second kappa shape index (κ2) is 10.0. The first-order valence-electron chi connectivity index (χ1n) is 10.3. The van der Waals surface area contributed by atoms with Gasteiger partial charge in [-0.05, 0) is 42.2 Å². The maximum Gasteiger partial charge on any atom is 0.224 e. The van der Waals surface area contributed by atoms with Crippen LogP contribution >= 0.6 is 0 Å². The molecule has 2 N–H and O–H groups in total. The lowest BCUT2D eigenvalue weighted by Gasteiger charge is -2.08. The second-order valence-electron chi connectivity index (χ2n) is 7.57. The Morgan fingerprint density at radius 1 is 1.03 bits per heavy atom. The normalized spacial score (nSPS) is 11.0. The molecule has 0 aliphatic rings. The van der Waals surface area contributed by atoms with Crippen molar-refractivity contribution in [3.05, 3.63) is 77.6 Å². The topological polar surface area (TPSA) is 59.0 Å². The Kier molecular flexibility index (Phi) is 7.19. The number of nitrogens with zero attached hydrogens (tertiary/aromatic N) is 2. The van der Waals surface area contributed by atoms with Crippen LogP contribution < -0.4 is 10.6 Å². The molecule has 2 aromatic carbocycles. The van der Waals surface area contributed by atoms with Gasteiger partial charge in [0.15, 0.2) is 0 Å². The summed E-state index contributed by atoms with van der Waals surface area (Å²) >= 11 is 0. The number of hydrogen-bond acceptors (Lipinski definition) is 3. The Labute approximate surface area is 173 Å². The van der Waals surface area contributed by atoms with Gasteiger partial charge in [0.2, 0.25) is 5.91 Å². The van der Waals surface area contributed by atoms with E-state index in [0.29, 0.717) is 12.3 Å². The largest absolute Gasteiger partial charge is 0.326 e. The number of amides is 1. The quantitative estimate of drug-likeness (QED) is 0.539. The summed E-state index contributed by atoms with van der Waals surface area (Å²) in [6.07, 6.45) is 3.52. The van der Waals surface area contributed by atoms with Crippen LogP contribution in [0.25, 0.3) is 5.69 Å². The van der Waals surface area contributed by atoms with E-state index < -0.39 is 0 Å². The molecule has 1 heterocycles.